The third-order valence-corrected chi connectivity index (χ3v) is 4.37. The molecule has 0 radical (unpaired) electrons. The van der Waals surface area contributed by atoms with Gasteiger partial charge in [-0.1, -0.05) is 6.42 Å². The number of Topliss-reactive ketones (excluding diaryl/α,β-unsaturated/α-hetero) is 2. The first kappa shape index (κ1) is 17.0. The first-order valence-electron chi connectivity index (χ1n) is 8.32. The molecule has 2 atom stereocenters. The number of piperidine rings is 1. The summed E-state index contributed by atoms with van der Waals surface area (Å²) in [5, 5.41) is 0. The number of carbonyl (C=O) groups is 3. The Labute approximate surface area is 132 Å². The first-order valence-corrected chi connectivity index (χ1v) is 8.32. The van der Waals surface area contributed by atoms with Gasteiger partial charge in [-0.25, -0.2) is 4.79 Å². The summed E-state index contributed by atoms with van der Waals surface area (Å²) in [4.78, 5) is 38.3. The number of carbonyl (C=O) groups excluding carboxylic acids is 3. The average molecular weight is 309 g/mol. The Morgan fingerprint density at radius 2 is 1.86 bits per heavy atom. The lowest BCUT2D eigenvalue weighted by molar-refractivity contribution is -0.137. The van der Waals surface area contributed by atoms with Gasteiger partial charge >= 0.3 is 6.09 Å². The molecule has 0 aromatic heterocycles. The van der Waals surface area contributed by atoms with Crippen molar-refractivity contribution < 1.29 is 19.1 Å². The molecule has 5 nitrogen and oxygen atoms in total. The van der Waals surface area contributed by atoms with Gasteiger partial charge in [0.2, 0.25) is 0 Å². The standard InChI is InChI=1S/C17H27NO4/c1-17(2,3)22-16(21)18-10-6-7-12(11-18)15(20)13-8-4-5-9-14(13)19/h12-13H,4-11H2,1-3H3. The van der Waals surface area contributed by atoms with Crippen LogP contribution in [0, 0.1) is 11.8 Å². The number of ether oxygens (including phenoxy) is 1. The van der Waals surface area contributed by atoms with Gasteiger partial charge in [0, 0.05) is 25.4 Å². The summed E-state index contributed by atoms with van der Waals surface area (Å²) >= 11 is 0. The maximum absolute atomic E-state index is 12.6. The van der Waals surface area contributed by atoms with Crippen LogP contribution in [0.3, 0.4) is 0 Å². The highest BCUT2D eigenvalue weighted by molar-refractivity contribution is 6.03. The molecule has 2 fully saturated rings. The molecule has 1 amide bonds. The summed E-state index contributed by atoms with van der Waals surface area (Å²) in [7, 11) is 0. The fraction of sp³-hybridized carbons (Fsp3) is 0.824. The smallest absolute Gasteiger partial charge is 0.410 e. The van der Waals surface area contributed by atoms with Crippen LogP contribution >= 0.6 is 0 Å². The van der Waals surface area contributed by atoms with E-state index < -0.39 is 11.5 Å². The van der Waals surface area contributed by atoms with Crippen molar-refractivity contribution in [2.75, 3.05) is 13.1 Å². The van der Waals surface area contributed by atoms with Crippen molar-refractivity contribution >= 4 is 17.7 Å². The van der Waals surface area contributed by atoms with E-state index in [1.165, 1.54) is 0 Å². The summed E-state index contributed by atoms with van der Waals surface area (Å²) < 4.78 is 5.38. The van der Waals surface area contributed by atoms with Gasteiger partial charge in [0.15, 0.2) is 0 Å². The van der Waals surface area contributed by atoms with Crippen LogP contribution in [-0.2, 0) is 14.3 Å². The second-order valence-electron chi connectivity index (χ2n) is 7.43. The summed E-state index contributed by atoms with van der Waals surface area (Å²) in [6.45, 7) is 6.50. The van der Waals surface area contributed by atoms with Gasteiger partial charge in [0.1, 0.15) is 17.2 Å². The maximum atomic E-state index is 12.6. The van der Waals surface area contributed by atoms with Crippen molar-refractivity contribution in [1.29, 1.82) is 0 Å². The molecular formula is C17H27NO4. The molecule has 2 unspecified atom stereocenters. The summed E-state index contributed by atoms with van der Waals surface area (Å²) in [5.41, 5.74) is -0.534. The minimum absolute atomic E-state index is 0.0398. The van der Waals surface area contributed by atoms with Gasteiger partial charge in [0.05, 0.1) is 5.92 Å². The molecule has 2 rings (SSSR count). The third kappa shape index (κ3) is 4.31. The minimum Gasteiger partial charge on any atom is -0.444 e. The van der Waals surface area contributed by atoms with Crippen LogP contribution in [0.1, 0.15) is 59.3 Å². The molecule has 1 heterocycles. The molecule has 1 aliphatic heterocycles. The van der Waals surface area contributed by atoms with Gasteiger partial charge in [0.25, 0.3) is 0 Å². The number of amides is 1. The number of hydrogen-bond acceptors (Lipinski definition) is 4. The van der Waals surface area contributed by atoms with Crippen LogP contribution in [0.5, 0.6) is 0 Å². The van der Waals surface area contributed by atoms with Gasteiger partial charge in [-0.05, 0) is 46.5 Å². The van der Waals surface area contributed by atoms with Crippen LogP contribution in [0.4, 0.5) is 4.79 Å². The predicted octanol–water partition coefficient (Wildman–Crippen LogP) is 2.96. The lowest BCUT2D eigenvalue weighted by Gasteiger charge is -2.35. The van der Waals surface area contributed by atoms with E-state index in [4.69, 9.17) is 4.74 Å². The molecular weight excluding hydrogens is 282 g/mol. The van der Waals surface area contributed by atoms with Gasteiger partial charge in [-0.3, -0.25) is 9.59 Å². The highest BCUT2D eigenvalue weighted by Crippen LogP contribution is 2.28. The van der Waals surface area contributed by atoms with Crippen LogP contribution in [0.25, 0.3) is 0 Å². The summed E-state index contributed by atoms with van der Waals surface area (Å²) in [6, 6.07) is 0. The summed E-state index contributed by atoms with van der Waals surface area (Å²) in [6.07, 6.45) is 4.25. The predicted molar refractivity (Wildman–Crippen MR) is 82.5 cm³/mol. The van der Waals surface area contributed by atoms with Crippen molar-refractivity contribution in [3.63, 3.8) is 0 Å². The lowest BCUT2D eigenvalue weighted by Crippen LogP contribution is -2.46. The fourth-order valence-corrected chi connectivity index (χ4v) is 3.27. The molecule has 124 valence electrons. The molecule has 0 aromatic rings. The Morgan fingerprint density at radius 3 is 2.50 bits per heavy atom. The van der Waals surface area contributed by atoms with E-state index in [0.717, 1.165) is 25.7 Å². The summed E-state index contributed by atoms with van der Waals surface area (Å²) in [5.74, 6) is -0.519. The van der Waals surface area contributed by atoms with E-state index in [1.54, 1.807) is 4.90 Å². The molecule has 2 aliphatic rings. The normalized spacial score (nSPS) is 26.7. The zero-order chi connectivity index (χ0) is 16.3. The quantitative estimate of drug-likeness (QED) is 0.736. The second-order valence-corrected chi connectivity index (χ2v) is 7.43. The molecule has 0 bridgehead atoms. The van der Waals surface area contributed by atoms with E-state index in [0.29, 0.717) is 25.9 Å². The Kier molecular flexibility index (Phi) is 5.24. The largest absolute Gasteiger partial charge is 0.444 e. The van der Waals surface area contributed by atoms with Crippen molar-refractivity contribution in [1.82, 2.24) is 4.90 Å². The second kappa shape index (κ2) is 6.80. The maximum Gasteiger partial charge on any atom is 0.410 e. The van der Waals surface area contributed by atoms with Gasteiger partial charge < -0.3 is 9.64 Å². The Morgan fingerprint density at radius 1 is 1.14 bits per heavy atom. The Bertz CT molecular complexity index is 452. The topological polar surface area (TPSA) is 63.7 Å². The molecule has 1 aliphatic carbocycles. The number of hydrogen-bond donors (Lipinski definition) is 0. The van der Waals surface area contributed by atoms with Crippen LogP contribution in [0.2, 0.25) is 0 Å². The Hall–Kier alpha value is -1.39. The van der Waals surface area contributed by atoms with Crippen molar-refractivity contribution in [3.05, 3.63) is 0 Å². The molecule has 1 saturated heterocycles. The molecule has 22 heavy (non-hydrogen) atoms. The first-order chi connectivity index (χ1) is 10.3. The SMILES string of the molecule is CC(C)(C)OC(=O)N1CCCC(C(=O)C2CCCCC2=O)C1. The highest BCUT2D eigenvalue weighted by Gasteiger charge is 2.37. The van der Waals surface area contributed by atoms with E-state index in [1.807, 2.05) is 20.8 Å². The van der Waals surface area contributed by atoms with Crippen LogP contribution in [-0.4, -0.2) is 41.3 Å². The monoisotopic (exact) mass is 309 g/mol. The van der Waals surface area contributed by atoms with E-state index in [-0.39, 0.29) is 23.6 Å². The molecule has 0 aromatic carbocycles. The van der Waals surface area contributed by atoms with E-state index in [2.05, 4.69) is 0 Å². The van der Waals surface area contributed by atoms with E-state index >= 15 is 0 Å². The van der Waals surface area contributed by atoms with Crippen molar-refractivity contribution in [2.24, 2.45) is 11.8 Å². The van der Waals surface area contributed by atoms with Gasteiger partial charge in [-0.2, -0.15) is 0 Å². The van der Waals surface area contributed by atoms with Crippen LogP contribution < -0.4 is 0 Å². The number of rotatable bonds is 2. The third-order valence-electron chi connectivity index (χ3n) is 4.37. The van der Waals surface area contributed by atoms with Crippen molar-refractivity contribution in [3.8, 4) is 0 Å². The minimum atomic E-state index is -0.534. The zero-order valence-corrected chi connectivity index (χ0v) is 13.9. The number of likely N-dealkylation sites (tertiary alicyclic amines) is 1. The zero-order valence-electron chi connectivity index (χ0n) is 13.9. The highest BCUT2D eigenvalue weighted by atomic mass is 16.6. The number of nitrogens with zero attached hydrogens (tertiary/aromatic N) is 1. The molecule has 1 saturated carbocycles. The van der Waals surface area contributed by atoms with Crippen LogP contribution in [0.15, 0.2) is 0 Å². The van der Waals surface area contributed by atoms with Gasteiger partial charge in [-0.15, -0.1) is 0 Å². The van der Waals surface area contributed by atoms with Crippen molar-refractivity contribution in [2.45, 2.75) is 64.9 Å². The molecule has 0 spiro atoms. The molecule has 0 N–H and O–H groups in total. The lowest BCUT2D eigenvalue weighted by atomic mass is 9.78. The van der Waals surface area contributed by atoms with E-state index in [9.17, 15) is 14.4 Å². The molecule has 5 heteroatoms. The number of ketones is 2. The fourth-order valence-electron chi connectivity index (χ4n) is 3.27. The average Bonchev–Trinajstić information content (AvgIpc) is 2.45. The Balaban J connectivity index is 1.96.